The third-order valence-electron chi connectivity index (χ3n) is 10.7. The molecule has 0 aliphatic rings. The minimum atomic E-state index is -1.46. The zero-order valence-corrected chi connectivity index (χ0v) is 36.2. The molecular weight excluding hydrogens is 785 g/mol. The molecule has 4 atom stereocenters. The number of carbonyl (C=O) groups is 8. The number of aromatic nitrogens is 1. The molecule has 0 radical (unpaired) electrons. The highest BCUT2D eigenvalue weighted by Gasteiger charge is 2.29. The molecule has 340 valence electrons. The number of Topliss-reactive ketones (excluding diaryl/α,β-unsaturated/α-hetero) is 3. The molecular formula is C45H70N6O10. The van der Waals surface area contributed by atoms with E-state index in [2.05, 4.69) is 26.3 Å². The number of ketones is 3. The van der Waals surface area contributed by atoms with Gasteiger partial charge in [0, 0.05) is 68.6 Å². The number of carboxylic acids is 2. The predicted octanol–water partition coefficient (Wildman–Crippen LogP) is 4.66. The van der Waals surface area contributed by atoms with Gasteiger partial charge in [0.25, 0.3) is 0 Å². The van der Waals surface area contributed by atoms with Gasteiger partial charge in [0.1, 0.15) is 29.4 Å². The summed E-state index contributed by atoms with van der Waals surface area (Å²) >= 11 is 0. The first-order chi connectivity index (χ1) is 29.2. The summed E-state index contributed by atoms with van der Waals surface area (Å²) in [5, 5.41) is 30.3. The number of aliphatic carboxylic acids is 2. The third kappa shape index (κ3) is 23.0. The summed E-state index contributed by atoms with van der Waals surface area (Å²) in [5.41, 5.74) is 7.96. The number of carboxylic acid groups (broad SMARTS) is 2. The number of para-hydroxylation sites is 1. The second kappa shape index (κ2) is 30.1. The van der Waals surface area contributed by atoms with Gasteiger partial charge in [0.2, 0.25) is 17.7 Å². The van der Waals surface area contributed by atoms with Crippen molar-refractivity contribution in [2.45, 2.75) is 160 Å². The van der Waals surface area contributed by atoms with Crippen molar-refractivity contribution < 1.29 is 48.6 Å². The van der Waals surface area contributed by atoms with Crippen molar-refractivity contribution in [1.29, 1.82) is 0 Å². The second-order valence-corrected chi connectivity index (χ2v) is 16.1. The van der Waals surface area contributed by atoms with Crippen LogP contribution in [0.2, 0.25) is 0 Å². The fourth-order valence-electron chi connectivity index (χ4n) is 7.20. The molecule has 1 aromatic heterocycles. The van der Waals surface area contributed by atoms with Gasteiger partial charge >= 0.3 is 11.9 Å². The molecule has 2 rings (SSSR count). The Balaban J connectivity index is 1.79. The molecule has 16 heteroatoms. The van der Waals surface area contributed by atoms with Crippen molar-refractivity contribution >= 4 is 57.9 Å². The van der Waals surface area contributed by atoms with Gasteiger partial charge in [0.15, 0.2) is 0 Å². The molecule has 0 spiro atoms. The molecule has 0 saturated heterocycles. The summed E-state index contributed by atoms with van der Waals surface area (Å²) in [5.74, 6) is -5.16. The maximum atomic E-state index is 13.6. The van der Waals surface area contributed by atoms with Crippen LogP contribution < -0.4 is 27.0 Å². The van der Waals surface area contributed by atoms with Crippen LogP contribution in [0.15, 0.2) is 30.5 Å². The Labute approximate surface area is 359 Å². The van der Waals surface area contributed by atoms with Crippen molar-refractivity contribution in [1.82, 2.24) is 26.3 Å². The highest BCUT2D eigenvalue weighted by Crippen LogP contribution is 2.23. The van der Waals surface area contributed by atoms with Crippen molar-refractivity contribution in [2.24, 2.45) is 11.7 Å². The van der Waals surface area contributed by atoms with Crippen LogP contribution in [0.5, 0.6) is 0 Å². The minimum absolute atomic E-state index is 0.161. The lowest BCUT2D eigenvalue weighted by molar-refractivity contribution is -0.143. The molecule has 16 nitrogen and oxygen atoms in total. The van der Waals surface area contributed by atoms with Crippen LogP contribution in [0, 0.1) is 5.92 Å². The molecule has 1 aromatic carbocycles. The van der Waals surface area contributed by atoms with Crippen molar-refractivity contribution in [3.05, 3.63) is 36.0 Å². The number of amides is 3. The van der Waals surface area contributed by atoms with Gasteiger partial charge in [-0.2, -0.15) is 0 Å². The molecule has 9 N–H and O–H groups in total. The van der Waals surface area contributed by atoms with Gasteiger partial charge in [0.05, 0.1) is 6.04 Å². The van der Waals surface area contributed by atoms with Gasteiger partial charge in [-0.05, 0) is 76.6 Å². The number of benzene rings is 1. The highest BCUT2D eigenvalue weighted by molar-refractivity contribution is 5.92. The average Bonchev–Trinajstić information content (AvgIpc) is 3.62. The number of fused-ring (bicyclic) bond motifs is 1. The molecule has 0 saturated carbocycles. The fourth-order valence-corrected chi connectivity index (χ4v) is 7.20. The molecule has 3 amide bonds. The smallest absolute Gasteiger partial charge is 0.326 e. The minimum Gasteiger partial charge on any atom is -0.481 e. The van der Waals surface area contributed by atoms with Gasteiger partial charge in [-0.25, -0.2) is 4.79 Å². The normalized spacial score (nSPS) is 13.2. The quantitative estimate of drug-likeness (QED) is 0.0435. The van der Waals surface area contributed by atoms with Crippen molar-refractivity contribution in [3.63, 3.8) is 0 Å². The average molecular weight is 855 g/mol. The lowest BCUT2D eigenvalue weighted by atomic mass is 9.90. The molecule has 2 aromatic rings. The van der Waals surface area contributed by atoms with Crippen LogP contribution in [0.1, 0.15) is 141 Å². The van der Waals surface area contributed by atoms with Gasteiger partial charge < -0.3 is 47.0 Å². The summed E-state index contributed by atoms with van der Waals surface area (Å²) in [6.45, 7) is 3.70. The Morgan fingerprint density at radius 3 is 1.92 bits per heavy atom. The van der Waals surface area contributed by atoms with E-state index in [0.717, 1.165) is 55.5 Å². The number of aromatic amines is 1. The van der Waals surface area contributed by atoms with E-state index >= 15 is 0 Å². The highest BCUT2D eigenvalue weighted by atomic mass is 16.4. The summed E-state index contributed by atoms with van der Waals surface area (Å²) in [4.78, 5) is 101. The van der Waals surface area contributed by atoms with Crippen molar-refractivity contribution in [2.75, 3.05) is 19.6 Å². The molecule has 61 heavy (non-hydrogen) atoms. The molecule has 0 aliphatic carbocycles. The number of rotatable bonds is 36. The number of carbonyl (C=O) groups excluding carboxylic acids is 6. The van der Waals surface area contributed by atoms with E-state index in [1.54, 1.807) is 13.1 Å². The van der Waals surface area contributed by atoms with Crippen LogP contribution >= 0.6 is 0 Å². The van der Waals surface area contributed by atoms with E-state index in [1.807, 2.05) is 24.3 Å². The van der Waals surface area contributed by atoms with E-state index in [9.17, 15) is 43.5 Å². The van der Waals surface area contributed by atoms with E-state index < -0.39 is 60.1 Å². The van der Waals surface area contributed by atoms with E-state index in [0.29, 0.717) is 45.2 Å². The zero-order valence-electron chi connectivity index (χ0n) is 36.2. The fraction of sp³-hybridized carbons (Fsp3) is 0.644. The topological polar surface area (TPSA) is 267 Å². The Morgan fingerprint density at radius 2 is 1.30 bits per heavy atom. The SMILES string of the molecule is CC(=O)CCCCCCCCCCCCC(=O)CCCNCC[C@H](N)C(=O)C[C@H](Cc1c[nH]c2ccccc12)C(=O)NCC[C@H](NC(=O)[C@@H](CCC(=O)O)NC(C)=O)C(=O)O. The van der Waals surface area contributed by atoms with Crippen LogP contribution in [-0.2, 0) is 44.8 Å². The summed E-state index contributed by atoms with van der Waals surface area (Å²) in [6, 6.07) is 3.97. The zero-order chi connectivity index (χ0) is 45.0. The maximum Gasteiger partial charge on any atom is 0.326 e. The van der Waals surface area contributed by atoms with Crippen LogP contribution in [0.25, 0.3) is 10.9 Å². The summed E-state index contributed by atoms with van der Waals surface area (Å²) in [6.07, 6.45) is 15.0. The Kier molecular flexibility index (Phi) is 25.8. The van der Waals surface area contributed by atoms with Crippen LogP contribution in [0.3, 0.4) is 0 Å². The third-order valence-corrected chi connectivity index (χ3v) is 10.7. The van der Waals surface area contributed by atoms with Gasteiger partial charge in [-0.3, -0.25) is 28.8 Å². The standard InChI is InChI=1S/C45H70N6O10/c1-31(52)16-11-9-7-5-3-4-6-8-10-12-17-35(54)18-15-25-47-26-23-37(46)41(55)29-33(28-34-30-49-38-20-14-13-19-36(34)38)43(58)48-27-24-40(45(60)61)51-44(59)39(50-32(2)53)21-22-42(56)57/h13-14,19-20,30,33,37,39-40,47,49H,3-12,15-18,21-29,46H2,1-2H3,(H,48,58)(H,50,53)(H,51,59)(H,56,57)(H,60,61)/t33-,37-,39+,40-/m0/s1. The lowest BCUT2D eigenvalue weighted by Crippen LogP contribution is -2.52. The summed E-state index contributed by atoms with van der Waals surface area (Å²) in [7, 11) is 0. The van der Waals surface area contributed by atoms with E-state index in [4.69, 9.17) is 10.8 Å². The van der Waals surface area contributed by atoms with Crippen LogP contribution in [0.4, 0.5) is 0 Å². The number of hydrogen-bond donors (Lipinski definition) is 8. The second-order valence-electron chi connectivity index (χ2n) is 16.1. The molecule has 0 bridgehead atoms. The van der Waals surface area contributed by atoms with Gasteiger partial charge in [-0.1, -0.05) is 69.6 Å². The molecule has 0 unspecified atom stereocenters. The Hall–Kier alpha value is -4.96. The first kappa shape index (κ1) is 52.2. The van der Waals surface area contributed by atoms with Crippen molar-refractivity contribution in [3.8, 4) is 0 Å². The summed E-state index contributed by atoms with van der Waals surface area (Å²) < 4.78 is 0. The first-order valence-corrected chi connectivity index (χ1v) is 22.0. The number of H-pyrrole nitrogens is 1. The number of nitrogens with one attached hydrogen (secondary N) is 5. The Bertz CT molecular complexity index is 1710. The molecule has 0 aliphatic heterocycles. The van der Waals surface area contributed by atoms with E-state index in [-0.39, 0.29) is 49.6 Å². The molecule has 0 fully saturated rings. The number of nitrogens with two attached hydrogens (primary N) is 1. The van der Waals surface area contributed by atoms with E-state index in [1.165, 1.54) is 32.1 Å². The van der Waals surface area contributed by atoms with Gasteiger partial charge in [-0.15, -0.1) is 0 Å². The number of unbranched alkanes of at least 4 members (excludes halogenated alkanes) is 9. The largest absolute Gasteiger partial charge is 0.481 e. The van der Waals surface area contributed by atoms with Crippen LogP contribution in [-0.4, -0.2) is 100.0 Å². The lowest BCUT2D eigenvalue weighted by Gasteiger charge is -2.22. The molecule has 1 heterocycles. The number of hydrogen-bond acceptors (Lipinski definition) is 10. The predicted molar refractivity (Wildman–Crippen MR) is 233 cm³/mol. The first-order valence-electron chi connectivity index (χ1n) is 22.0. The maximum absolute atomic E-state index is 13.6. The Morgan fingerprint density at radius 1 is 0.672 bits per heavy atom. The monoisotopic (exact) mass is 855 g/mol.